The number of aliphatic hydroxyl groups excluding tert-OH is 1. The topological polar surface area (TPSA) is 32.7 Å². The number of rotatable bonds is 2. The van der Waals surface area contributed by atoms with Crippen LogP contribution >= 0.6 is 0 Å². The van der Waals surface area contributed by atoms with Crippen molar-refractivity contribution in [2.45, 2.75) is 51.9 Å². The summed E-state index contributed by atoms with van der Waals surface area (Å²) in [5.74, 6) is -0.295. The van der Waals surface area contributed by atoms with Crippen LogP contribution in [0.15, 0.2) is 18.2 Å². The number of benzene rings is 1. The average Bonchev–Trinajstić information content (AvgIpc) is 2.24. The maximum atomic E-state index is 14.3. The summed E-state index contributed by atoms with van der Waals surface area (Å²) >= 11 is 0. The Kier molecular flexibility index (Phi) is 3.82. The summed E-state index contributed by atoms with van der Waals surface area (Å²) in [5, 5.41) is 9.52. The van der Waals surface area contributed by atoms with E-state index in [2.05, 4.69) is 0 Å². The molecule has 20 heavy (non-hydrogen) atoms. The summed E-state index contributed by atoms with van der Waals surface area (Å²) in [7, 11) is 0. The first-order valence-corrected chi connectivity index (χ1v) is 7.02. The molecule has 1 heterocycles. The molecule has 0 unspecified atom stereocenters. The van der Waals surface area contributed by atoms with Gasteiger partial charge in [0.15, 0.2) is 0 Å². The lowest BCUT2D eigenvalue weighted by molar-refractivity contribution is -0.133. The summed E-state index contributed by atoms with van der Waals surface area (Å²) in [6, 6.07) is 4.93. The lowest BCUT2D eigenvalue weighted by atomic mass is 9.98. The Hall–Kier alpha value is -1.13. The highest BCUT2D eigenvalue weighted by Crippen LogP contribution is 2.33. The van der Waals surface area contributed by atoms with Gasteiger partial charge < -0.3 is 14.7 Å². The van der Waals surface area contributed by atoms with Gasteiger partial charge in [-0.3, -0.25) is 0 Å². The Bertz CT molecular complexity index is 481. The molecule has 1 fully saturated rings. The van der Waals surface area contributed by atoms with Crippen LogP contribution in [-0.2, 0) is 4.74 Å². The molecule has 2 rings (SSSR count). The zero-order valence-corrected chi connectivity index (χ0v) is 12.9. The Balaban J connectivity index is 2.31. The van der Waals surface area contributed by atoms with Gasteiger partial charge in [-0.2, -0.15) is 0 Å². The number of nitrogens with zero attached hydrogens (tertiary/aromatic N) is 1. The zero-order chi connectivity index (χ0) is 15.1. The highest BCUT2D eigenvalue weighted by Gasteiger charge is 2.38. The minimum absolute atomic E-state index is 0.295. The first kappa shape index (κ1) is 15.3. The van der Waals surface area contributed by atoms with Crippen molar-refractivity contribution >= 4 is 5.69 Å². The van der Waals surface area contributed by atoms with E-state index in [1.165, 1.54) is 6.07 Å². The minimum atomic E-state index is -0.656. The fourth-order valence-electron chi connectivity index (χ4n) is 3.00. The fourth-order valence-corrected chi connectivity index (χ4v) is 3.00. The third-order valence-electron chi connectivity index (χ3n) is 3.49. The van der Waals surface area contributed by atoms with Gasteiger partial charge in [0.25, 0.3) is 0 Å². The summed E-state index contributed by atoms with van der Waals surface area (Å²) in [4.78, 5) is 2.02. The number of anilines is 1. The molecule has 4 heteroatoms. The summed E-state index contributed by atoms with van der Waals surface area (Å²) < 4.78 is 20.3. The van der Waals surface area contributed by atoms with Crippen molar-refractivity contribution in [1.29, 1.82) is 0 Å². The van der Waals surface area contributed by atoms with Gasteiger partial charge in [0.05, 0.1) is 23.0 Å². The van der Waals surface area contributed by atoms with E-state index in [1.54, 1.807) is 19.1 Å². The van der Waals surface area contributed by atoms with Gasteiger partial charge in [-0.25, -0.2) is 4.39 Å². The van der Waals surface area contributed by atoms with Crippen LogP contribution in [0.25, 0.3) is 0 Å². The molecule has 0 aliphatic carbocycles. The Labute approximate surface area is 120 Å². The Morgan fingerprint density at radius 2 is 1.75 bits per heavy atom. The highest BCUT2D eigenvalue weighted by molar-refractivity contribution is 5.50. The van der Waals surface area contributed by atoms with Crippen LogP contribution in [-0.4, -0.2) is 29.4 Å². The van der Waals surface area contributed by atoms with E-state index in [0.29, 0.717) is 24.3 Å². The van der Waals surface area contributed by atoms with E-state index in [0.717, 1.165) is 0 Å². The van der Waals surface area contributed by atoms with Crippen LogP contribution in [0.4, 0.5) is 10.1 Å². The molecule has 112 valence electrons. The zero-order valence-electron chi connectivity index (χ0n) is 12.9. The Morgan fingerprint density at radius 3 is 2.20 bits per heavy atom. The van der Waals surface area contributed by atoms with Crippen molar-refractivity contribution in [3.63, 3.8) is 0 Å². The molecular weight excluding hydrogens is 257 g/mol. The van der Waals surface area contributed by atoms with Crippen molar-refractivity contribution < 1.29 is 14.2 Å². The molecule has 1 aromatic rings. The van der Waals surface area contributed by atoms with Crippen molar-refractivity contribution in [2.24, 2.45) is 0 Å². The standard InChI is InChI=1S/C16H24FNO2/c1-11(19)12-6-7-14(13(17)8-12)18-9-15(2,3)20-16(4,5)10-18/h6-8,11,19H,9-10H2,1-5H3/t11-/m1/s1. The quantitative estimate of drug-likeness (QED) is 0.903. The fraction of sp³-hybridized carbons (Fsp3) is 0.625. The molecular formula is C16H24FNO2. The molecule has 1 N–H and O–H groups in total. The minimum Gasteiger partial charge on any atom is -0.389 e. The smallest absolute Gasteiger partial charge is 0.146 e. The molecule has 0 aromatic heterocycles. The lowest BCUT2D eigenvalue weighted by Gasteiger charge is -2.48. The third-order valence-corrected chi connectivity index (χ3v) is 3.49. The average molecular weight is 281 g/mol. The summed E-state index contributed by atoms with van der Waals surface area (Å²) in [6.07, 6.45) is -0.656. The molecule has 0 amide bonds. The molecule has 0 saturated carbocycles. The Morgan fingerprint density at radius 1 is 1.20 bits per heavy atom. The van der Waals surface area contributed by atoms with E-state index < -0.39 is 6.10 Å². The molecule has 0 bridgehead atoms. The van der Waals surface area contributed by atoms with Crippen LogP contribution in [0.3, 0.4) is 0 Å². The lowest BCUT2D eigenvalue weighted by Crippen LogP contribution is -2.57. The van der Waals surface area contributed by atoms with E-state index in [-0.39, 0.29) is 17.0 Å². The first-order valence-electron chi connectivity index (χ1n) is 7.02. The second-order valence-corrected chi connectivity index (χ2v) is 6.86. The van der Waals surface area contributed by atoms with Gasteiger partial charge in [0.2, 0.25) is 0 Å². The molecule has 0 radical (unpaired) electrons. The number of halogens is 1. The second-order valence-electron chi connectivity index (χ2n) is 6.86. The molecule has 0 spiro atoms. The van der Waals surface area contributed by atoms with Gasteiger partial charge in [-0.1, -0.05) is 6.07 Å². The van der Waals surface area contributed by atoms with E-state index in [9.17, 15) is 9.50 Å². The maximum absolute atomic E-state index is 14.3. The number of hydrogen-bond acceptors (Lipinski definition) is 3. The second kappa shape index (κ2) is 5.01. The molecule has 1 aromatic carbocycles. The molecule has 1 aliphatic heterocycles. The molecule has 1 atom stereocenters. The van der Waals surface area contributed by atoms with Crippen LogP contribution in [0.5, 0.6) is 0 Å². The van der Waals surface area contributed by atoms with Crippen molar-refractivity contribution in [3.8, 4) is 0 Å². The van der Waals surface area contributed by atoms with E-state index >= 15 is 0 Å². The van der Waals surface area contributed by atoms with E-state index in [1.807, 2.05) is 32.6 Å². The molecule has 1 aliphatic rings. The van der Waals surface area contributed by atoms with E-state index in [4.69, 9.17) is 4.74 Å². The van der Waals surface area contributed by atoms with Crippen molar-refractivity contribution in [3.05, 3.63) is 29.6 Å². The normalized spacial score (nSPS) is 22.6. The van der Waals surface area contributed by atoms with Crippen LogP contribution < -0.4 is 4.90 Å². The monoisotopic (exact) mass is 281 g/mol. The number of aliphatic hydroxyl groups is 1. The van der Waals surface area contributed by atoms with Gasteiger partial charge in [-0.15, -0.1) is 0 Å². The SMILES string of the molecule is C[C@@H](O)c1ccc(N2CC(C)(C)OC(C)(C)C2)c(F)c1. The van der Waals surface area contributed by atoms with Gasteiger partial charge in [0, 0.05) is 13.1 Å². The number of morpholine rings is 1. The first-order chi connectivity index (χ1) is 9.10. The number of hydrogen-bond donors (Lipinski definition) is 1. The van der Waals surface area contributed by atoms with Gasteiger partial charge >= 0.3 is 0 Å². The van der Waals surface area contributed by atoms with Gasteiger partial charge in [0.1, 0.15) is 5.82 Å². The predicted molar refractivity (Wildman–Crippen MR) is 78.5 cm³/mol. The third kappa shape index (κ3) is 3.30. The highest BCUT2D eigenvalue weighted by atomic mass is 19.1. The van der Waals surface area contributed by atoms with Gasteiger partial charge in [-0.05, 0) is 52.3 Å². The van der Waals surface area contributed by atoms with Crippen LogP contribution in [0, 0.1) is 5.82 Å². The summed E-state index contributed by atoms with van der Waals surface area (Å²) in [5.41, 5.74) is 0.519. The predicted octanol–water partition coefficient (Wildman–Crippen LogP) is 3.27. The van der Waals surface area contributed by atoms with Crippen molar-refractivity contribution in [1.82, 2.24) is 0 Å². The van der Waals surface area contributed by atoms with Crippen molar-refractivity contribution in [2.75, 3.05) is 18.0 Å². The molecule has 3 nitrogen and oxygen atoms in total. The molecule has 1 saturated heterocycles. The number of ether oxygens (including phenoxy) is 1. The largest absolute Gasteiger partial charge is 0.389 e. The van der Waals surface area contributed by atoms with Crippen LogP contribution in [0.1, 0.15) is 46.3 Å². The van der Waals surface area contributed by atoms with Crippen LogP contribution in [0.2, 0.25) is 0 Å². The summed E-state index contributed by atoms with van der Waals surface area (Å²) in [6.45, 7) is 11.0. The maximum Gasteiger partial charge on any atom is 0.146 e.